The molecule has 1 N–H and O–H groups in total. The van der Waals surface area contributed by atoms with Crippen LogP contribution in [0.5, 0.6) is 0 Å². The van der Waals surface area contributed by atoms with Crippen molar-refractivity contribution in [3.63, 3.8) is 0 Å². The van der Waals surface area contributed by atoms with Crippen molar-refractivity contribution in [2.45, 2.75) is 89.7 Å². The van der Waals surface area contributed by atoms with Crippen molar-refractivity contribution in [1.82, 2.24) is 0 Å². The summed E-state index contributed by atoms with van der Waals surface area (Å²) < 4.78 is 3.42. The van der Waals surface area contributed by atoms with Crippen LogP contribution in [0.3, 0.4) is 0 Å². The summed E-state index contributed by atoms with van der Waals surface area (Å²) in [4.78, 5) is 0. The van der Waals surface area contributed by atoms with E-state index in [9.17, 15) is 0 Å². The average Bonchev–Trinajstić information content (AvgIpc) is 3.29. The second-order valence-electron chi connectivity index (χ2n) is 8.90. The number of hydrogen-bond donors (Lipinski definition) is 1. The minimum atomic E-state index is -2.34. The second kappa shape index (κ2) is 9.68. The zero-order valence-electron chi connectivity index (χ0n) is 18.0. The van der Waals surface area contributed by atoms with Crippen LogP contribution >= 0.6 is 0 Å². The van der Waals surface area contributed by atoms with Crippen molar-refractivity contribution < 1.29 is 24.0 Å². The topological polar surface area (TPSA) is 20.2 Å². The summed E-state index contributed by atoms with van der Waals surface area (Å²) in [5, 5.41) is 7.57. The molecule has 149 valence electrons. The third-order valence-corrected chi connectivity index (χ3v) is 39.8. The molecule has 0 radical (unpaired) electrons. The molecule has 4 aliphatic carbocycles. The summed E-state index contributed by atoms with van der Waals surface area (Å²) in [5.74, 6) is 0. The molecular weight excluding hydrogens is 424 g/mol. The first-order valence-electron chi connectivity index (χ1n) is 11.3. The molecular formula is C24H39OSiZr. The van der Waals surface area contributed by atoms with Crippen LogP contribution in [0.25, 0.3) is 0 Å². The van der Waals surface area contributed by atoms with Gasteiger partial charge in [0.15, 0.2) is 0 Å². The van der Waals surface area contributed by atoms with E-state index in [4.69, 9.17) is 5.11 Å². The Morgan fingerprint density at radius 1 is 0.852 bits per heavy atom. The molecule has 4 rings (SSSR count). The summed E-state index contributed by atoms with van der Waals surface area (Å²) in [6, 6.07) is 0. The maximum atomic E-state index is 7.57. The molecule has 0 aromatic carbocycles. The van der Waals surface area contributed by atoms with Crippen LogP contribution in [0.2, 0.25) is 24.5 Å². The predicted octanol–water partition coefficient (Wildman–Crippen LogP) is 7.29. The predicted molar refractivity (Wildman–Crippen MR) is 117 cm³/mol. The van der Waals surface area contributed by atoms with Crippen molar-refractivity contribution in [2.24, 2.45) is 0 Å². The number of allylic oxidation sites excluding steroid dienone is 8. The van der Waals surface area contributed by atoms with E-state index in [1.54, 1.807) is 22.2 Å². The summed E-state index contributed by atoms with van der Waals surface area (Å²) in [6.07, 6.45) is 21.9. The Morgan fingerprint density at radius 3 is 1.63 bits per heavy atom. The zero-order chi connectivity index (χ0) is 19.4. The molecule has 27 heavy (non-hydrogen) atoms. The number of hydrogen-bond acceptors (Lipinski definition) is 1. The number of aliphatic hydroxyl groups excluding tert-OH is 1. The van der Waals surface area contributed by atoms with Gasteiger partial charge < -0.3 is 5.11 Å². The van der Waals surface area contributed by atoms with Gasteiger partial charge >= 0.3 is 154 Å². The quantitative estimate of drug-likeness (QED) is 0.437. The Hall–Kier alpha value is 0.0200. The van der Waals surface area contributed by atoms with E-state index in [2.05, 4.69) is 44.3 Å². The SMILES string of the molecule is CCO.C[CH2][Zr]([CH]1C=CC2=C1CCCC2)([CH]1C=CC2=C1CCCC2)=[Si](C)C. The van der Waals surface area contributed by atoms with Crippen molar-refractivity contribution in [2.75, 3.05) is 6.61 Å². The van der Waals surface area contributed by atoms with Crippen molar-refractivity contribution in [3.8, 4) is 0 Å². The van der Waals surface area contributed by atoms with E-state index < -0.39 is 18.9 Å². The zero-order valence-corrected chi connectivity index (χ0v) is 21.4. The van der Waals surface area contributed by atoms with Gasteiger partial charge in [0.2, 0.25) is 0 Å². The molecule has 0 aliphatic heterocycles. The monoisotopic (exact) mass is 461 g/mol. The Bertz CT molecular complexity index is 681. The maximum absolute atomic E-state index is 7.57. The van der Waals surface area contributed by atoms with Crippen LogP contribution in [0.4, 0.5) is 0 Å². The Labute approximate surface area is 171 Å². The molecule has 2 unspecified atom stereocenters. The van der Waals surface area contributed by atoms with Gasteiger partial charge in [-0.3, -0.25) is 0 Å². The molecule has 0 bridgehead atoms. The molecule has 0 saturated carbocycles. The van der Waals surface area contributed by atoms with Gasteiger partial charge in [-0.15, -0.1) is 0 Å². The van der Waals surface area contributed by atoms with E-state index in [-0.39, 0.29) is 12.0 Å². The average molecular weight is 463 g/mol. The van der Waals surface area contributed by atoms with Crippen LogP contribution in [-0.4, -0.2) is 17.1 Å². The van der Waals surface area contributed by atoms with Crippen LogP contribution in [-0.2, 0) is 18.9 Å². The van der Waals surface area contributed by atoms with E-state index >= 15 is 0 Å². The van der Waals surface area contributed by atoms with Crippen LogP contribution in [0.15, 0.2) is 46.6 Å². The van der Waals surface area contributed by atoms with Gasteiger partial charge in [-0.2, -0.15) is 0 Å². The van der Waals surface area contributed by atoms with Crippen molar-refractivity contribution in [1.29, 1.82) is 0 Å². The summed E-state index contributed by atoms with van der Waals surface area (Å²) in [6.45, 7) is 9.89. The Morgan fingerprint density at radius 2 is 1.26 bits per heavy atom. The van der Waals surface area contributed by atoms with Gasteiger partial charge in [-0.05, 0) is 6.92 Å². The molecule has 0 fully saturated rings. The molecule has 0 heterocycles. The van der Waals surface area contributed by atoms with Crippen molar-refractivity contribution in [3.05, 3.63) is 46.6 Å². The van der Waals surface area contributed by atoms with Gasteiger partial charge in [-0.25, -0.2) is 0 Å². The number of rotatable bonds is 3. The van der Waals surface area contributed by atoms with E-state index in [1.807, 2.05) is 11.1 Å². The van der Waals surface area contributed by atoms with Gasteiger partial charge in [0, 0.05) is 6.61 Å². The second-order valence-corrected chi connectivity index (χ2v) is 33.7. The Kier molecular flexibility index (Phi) is 7.79. The molecule has 3 heteroatoms. The third-order valence-electron chi connectivity index (χ3n) is 7.47. The standard InChI is InChI=1S/2C9H11.C2H6O.C2H6Si.C2H5.Zr/c2*1-2-5-9-7-3-6-8(9)4-1;1-2-3;1-3-2;1-2;/h2*3,6-7H,1-2,4-5H2;3H,2H2,1H3;1-2H3;1H2,2H3;. The normalized spacial score (nSPS) is 28.5. The molecule has 0 saturated heterocycles. The first kappa shape index (κ1) is 21.7. The molecule has 0 spiro atoms. The minimum absolute atomic E-state index is 0.209. The molecule has 0 aromatic rings. The van der Waals surface area contributed by atoms with Gasteiger partial charge in [0.25, 0.3) is 0 Å². The Balaban J connectivity index is 0.000000659. The van der Waals surface area contributed by atoms with E-state index in [0.717, 1.165) is 7.25 Å². The fraction of sp³-hybridized carbons (Fsp3) is 0.667. The molecule has 4 aliphatic rings. The van der Waals surface area contributed by atoms with E-state index in [1.165, 1.54) is 51.4 Å². The molecule has 1 nitrogen and oxygen atoms in total. The summed E-state index contributed by atoms with van der Waals surface area (Å²) in [7, 11) is 0. The fourth-order valence-electron chi connectivity index (χ4n) is 6.23. The van der Waals surface area contributed by atoms with Gasteiger partial charge in [0.1, 0.15) is 0 Å². The summed E-state index contributed by atoms with van der Waals surface area (Å²) in [5.41, 5.74) is 7.19. The van der Waals surface area contributed by atoms with Gasteiger partial charge in [0.05, 0.1) is 0 Å². The number of aliphatic hydroxyl groups is 1. The molecule has 0 aromatic heterocycles. The van der Waals surface area contributed by atoms with Crippen molar-refractivity contribution >= 4 is 5.43 Å². The van der Waals surface area contributed by atoms with Crippen LogP contribution in [0.1, 0.15) is 65.2 Å². The summed E-state index contributed by atoms with van der Waals surface area (Å²) >= 11 is -2.34. The molecule has 0 amide bonds. The first-order valence-corrected chi connectivity index (χ1v) is 22.1. The molecule has 2 atom stereocenters. The van der Waals surface area contributed by atoms with Crippen LogP contribution < -0.4 is 0 Å². The fourth-order valence-corrected chi connectivity index (χ4v) is 35.7. The van der Waals surface area contributed by atoms with Crippen LogP contribution in [0, 0.1) is 0 Å². The third kappa shape index (κ3) is 4.03. The van der Waals surface area contributed by atoms with Gasteiger partial charge in [-0.1, -0.05) is 0 Å². The first-order chi connectivity index (χ1) is 13.1. The van der Waals surface area contributed by atoms with E-state index in [0.29, 0.717) is 0 Å².